The van der Waals surface area contributed by atoms with Crippen LogP contribution < -0.4 is 5.32 Å². The van der Waals surface area contributed by atoms with Crippen LogP contribution in [0.15, 0.2) is 63.6 Å². The van der Waals surface area contributed by atoms with E-state index in [1.54, 1.807) is 24.1 Å². The predicted octanol–water partition coefficient (Wildman–Crippen LogP) is 4.78. The molecular formula is C22H19BrFN3O3S. The van der Waals surface area contributed by atoms with Gasteiger partial charge in [0.2, 0.25) is 0 Å². The lowest BCUT2D eigenvalue weighted by atomic mass is 10.0. The van der Waals surface area contributed by atoms with Crippen molar-refractivity contribution >= 4 is 39.2 Å². The number of thiocarbonyl (C=S) groups is 1. The van der Waals surface area contributed by atoms with Gasteiger partial charge in [0, 0.05) is 16.2 Å². The number of esters is 1. The first-order valence-corrected chi connectivity index (χ1v) is 10.9. The number of nitrogens with one attached hydrogen (secondary N) is 1. The van der Waals surface area contributed by atoms with Crippen LogP contribution in [-0.2, 0) is 9.53 Å². The summed E-state index contributed by atoms with van der Waals surface area (Å²) in [5.41, 5.74) is 1.48. The van der Waals surface area contributed by atoms with Gasteiger partial charge < -0.3 is 19.4 Å². The molecule has 31 heavy (non-hydrogen) atoms. The van der Waals surface area contributed by atoms with E-state index in [0.29, 0.717) is 26.7 Å². The van der Waals surface area contributed by atoms with Crippen LogP contribution in [-0.4, -0.2) is 34.1 Å². The van der Waals surface area contributed by atoms with E-state index in [4.69, 9.17) is 21.4 Å². The van der Waals surface area contributed by atoms with Crippen molar-refractivity contribution in [2.45, 2.75) is 19.0 Å². The number of pyridine rings is 1. The number of carbonyl (C=O) groups excluding carboxylic acids is 1. The summed E-state index contributed by atoms with van der Waals surface area (Å²) in [7, 11) is 0. The predicted molar refractivity (Wildman–Crippen MR) is 121 cm³/mol. The summed E-state index contributed by atoms with van der Waals surface area (Å²) in [5.74, 6) is 0.434. The summed E-state index contributed by atoms with van der Waals surface area (Å²) in [4.78, 5) is 18.4. The quantitative estimate of drug-likeness (QED) is 0.383. The van der Waals surface area contributed by atoms with Crippen molar-refractivity contribution in [3.63, 3.8) is 0 Å². The maximum Gasteiger partial charge on any atom is 0.325 e. The number of benzene rings is 1. The first-order valence-electron chi connectivity index (χ1n) is 9.66. The van der Waals surface area contributed by atoms with Crippen LogP contribution in [0.3, 0.4) is 0 Å². The molecule has 1 aliphatic heterocycles. The maximum atomic E-state index is 13.5. The van der Waals surface area contributed by atoms with Crippen molar-refractivity contribution in [1.29, 1.82) is 0 Å². The Morgan fingerprint density at radius 3 is 2.87 bits per heavy atom. The van der Waals surface area contributed by atoms with Crippen molar-refractivity contribution in [1.82, 2.24) is 15.2 Å². The molecule has 9 heteroatoms. The van der Waals surface area contributed by atoms with Crippen LogP contribution >= 0.6 is 28.1 Å². The number of halogens is 2. The van der Waals surface area contributed by atoms with E-state index in [2.05, 4.69) is 26.2 Å². The summed E-state index contributed by atoms with van der Waals surface area (Å²) < 4.78 is 25.4. The molecule has 0 spiro atoms. The van der Waals surface area contributed by atoms with Crippen molar-refractivity contribution in [3.8, 4) is 11.3 Å². The molecule has 160 valence electrons. The molecule has 3 aromatic rings. The first-order chi connectivity index (χ1) is 15.0. The standard InChI is InChI=1S/C22H19BrFN3O3S/c1-2-29-19(28)12-27-21(20(26-22(27)31)16-5-3-4-10-25-16)18-9-8-17(30-18)14-7-6-13(24)11-15(14)23/h3-11,20-21H,2,12H2,1H3,(H,26,31)/t20-,21-/m1/s1. The van der Waals surface area contributed by atoms with Gasteiger partial charge in [-0.3, -0.25) is 9.78 Å². The van der Waals surface area contributed by atoms with Crippen molar-refractivity contribution in [3.05, 3.63) is 76.5 Å². The third kappa shape index (κ3) is 4.47. The molecule has 0 bridgehead atoms. The smallest absolute Gasteiger partial charge is 0.325 e. The molecule has 2 atom stereocenters. The fourth-order valence-corrected chi connectivity index (χ4v) is 4.43. The number of hydrogen-bond acceptors (Lipinski definition) is 5. The van der Waals surface area contributed by atoms with Crippen LogP contribution in [0.25, 0.3) is 11.3 Å². The van der Waals surface area contributed by atoms with Crippen molar-refractivity contribution < 1.29 is 18.3 Å². The van der Waals surface area contributed by atoms with Crippen LogP contribution in [0.5, 0.6) is 0 Å². The summed E-state index contributed by atoms with van der Waals surface area (Å²) in [5, 5.41) is 3.66. The number of aromatic nitrogens is 1. The fourth-order valence-electron chi connectivity index (χ4n) is 3.58. The van der Waals surface area contributed by atoms with Gasteiger partial charge in [0.25, 0.3) is 0 Å². The van der Waals surface area contributed by atoms with Crippen LogP contribution in [0, 0.1) is 5.82 Å². The molecule has 4 rings (SSSR count). The van der Waals surface area contributed by atoms with E-state index in [-0.39, 0.29) is 31.0 Å². The van der Waals surface area contributed by atoms with E-state index in [0.717, 1.165) is 5.69 Å². The van der Waals surface area contributed by atoms with Gasteiger partial charge in [-0.1, -0.05) is 6.07 Å². The monoisotopic (exact) mass is 503 g/mol. The lowest BCUT2D eigenvalue weighted by Crippen LogP contribution is -2.35. The van der Waals surface area contributed by atoms with E-state index in [1.807, 2.05) is 30.3 Å². The molecule has 0 saturated carbocycles. The molecule has 0 aliphatic carbocycles. The summed E-state index contributed by atoms with van der Waals surface area (Å²) in [6.07, 6.45) is 1.70. The highest BCUT2D eigenvalue weighted by molar-refractivity contribution is 9.10. The van der Waals surface area contributed by atoms with Gasteiger partial charge in [-0.25, -0.2) is 4.39 Å². The van der Waals surface area contributed by atoms with Gasteiger partial charge >= 0.3 is 5.97 Å². The molecule has 1 saturated heterocycles. The molecule has 6 nitrogen and oxygen atoms in total. The van der Waals surface area contributed by atoms with E-state index in [1.165, 1.54) is 12.1 Å². The Kier molecular flexibility index (Phi) is 6.33. The number of rotatable bonds is 6. The Bertz CT molecular complexity index is 1110. The molecule has 0 unspecified atom stereocenters. The molecule has 0 amide bonds. The van der Waals surface area contributed by atoms with E-state index < -0.39 is 6.04 Å². The number of ether oxygens (including phenoxy) is 1. The van der Waals surface area contributed by atoms with Gasteiger partial charge in [0.05, 0.1) is 18.3 Å². The Labute approximate surface area is 192 Å². The molecular weight excluding hydrogens is 485 g/mol. The molecule has 1 N–H and O–H groups in total. The zero-order chi connectivity index (χ0) is 22.0. The number of carbonyl (C=O) groups is 1. The van der Waals surface area contributed by atoms with E-state index >= 15 is 0 Å². The normalized spacial score (nSPS) is 18.2. The zero-order valence-corrected chi connectivity index (χ0v) is 19.0. The van der Waals surface area contributed by atoms with Gasteiger partial charge in [-0.05, 0) is 77.5 Å². The molecule has 1 aliphatic rings. The zero-order valence-electron chi connectivity index (χ0n) is 16.5. The average molecular weight is 504 g/mol. The van der Waals surface area contributed by atoms with Crippen molar-refractivity contribution in [2.75, 3.05) is 13.2 Å². The summed E-state index contributed by atoms with van der Waals surface area (Å²) in [6.45, 7) is 2.01. The molecule has 3 heterocycles. The lowest BCUT2D eigenvalue weighted by Gasteiger charge is -2.25. The Morgan fingerprint density at radius 2 is 2.16 bits per heavy atom. The Morgan fingerprint density at radius 1 is 1.32 bits per heavy atom. The second-order valence-corrected chi connectivity index (χ2v) is 8.13. The highest BCUT2D eigenvalue weighted by atomic mass is 79.9. The minimum absolute atomic E-state index is 0.0239. The van der Waals surface area contributed by atoms with Gasteiger partial charge in [-0.15, -0.1) is 0 Å². The van der Waals surface area contributed by atoms with Crippen LogP contribution in [0.1, 0.15) is 30.5 Å². The van der Waals surface area contributed by atoms with Gasteiger partial charge in [0.1, 0.15) is 29.9 Å². The summed E-state index contributed by atoms with van der Waals surface area (Å²) in [6, 6.07) is 12.9. The SMILES string of the molecule is CCOC(=O)CN1C(=S)N[C@H](c2ccccn2)[C@H]1c1ccc(-c2ccc(F)cc2Br)o1. The molecule has 0 radical (unpaired) electrons. The Balaban J connectivity index is 1.72. The first kappa shape index (κ1) is 21.5. The largest absolute Gasteiger partial charge is 0.465 e. The third-order valence-electron chi connectivity index (χ3n) is 4.92. The number of nitrogens with zero attached hydrogens (tertiary/aromatic N) is 2. The van der Waals surface area contributed by atoms with Gasteiger partial charge in [0.15, 0.2) is 5.11 Å². The average Bonchev–Trinajstić information content (AvgIpc) is 3.34. The lowest BCUT2D eigenvalue weighted by molar-refractivity contribution is -0.143. The molecule has 1 aromatic carbocycles. The topological polar surface area (TPSA) is 67.6 Å². The highest BCUT2D eigenvalue weighted by Crippen LogP contribution is 2.41. The van der Waals surface area contributed by atoms with Gasteiger partial charge in [-0.2, -0.15) is 0 Å². The maximum absolute atomic E-state index is 13.5. The fraction of sp³-hybridized carbons (Fsp3) is 0.227. The number of furan rings is 1. The number of hydrogen-bond donors (Lipinski definition) is 1. The molecule has 2 aromatic heterocycles. The van der Waals surface area contributed by atoms with Crippen LogP contribution in [0.2, 0.25) is 0 Å². The van der Waals surface area contributed by atoms with Crippen LogP contribution in [0.4, 0.5) is 4.39 Å². The Hall–Kier alpha value is -2.78. The third-order valence-corrected chi connectivity index (χ3v) is 5.93. The summed E-state index contributed by atoms with van der Waals surface area (Å²) >= 11 is 8.90. The highest BCUT2D eigenvalue weighted by Gasteiger charge is 2.42. The molecule has 1 fully saturated rings. The second-order valence-electron chi connectivity index (χ2n) is 6.89. The van der Waals surface area contributed by atoms with E-state index in [9.17, 15) is 9.18 Å². The second kappa shape index (κ2) is 9.15. The minimum atomic E-state index is -0.417. The minimum Gasteiger partial charge on any atom is -0.465 e. The van der Waals surface area contributed by atoms with Crippen molar-refractivity contribution in [2.24, 2.45) is 0 Å².